The Balaban J connectivity index is 3.40. The first-order chi connectivity index (χ1) is 6.95. The summed E-state index contributed by atoms with van der Waals surface area (Å²) in [4.78, 5) is 20.1. The SMILES string of the molecule is N[C@@H](CCCCNC(=O)C(Cl)Cl)C(=O)O. The molecule has 0 bridgehead atoms. The molecule has 0 saturated heterocycles. The van der Waals surface area contributed by atoms with E-state index in [0.717, 1.165) is 0 Å². The first-order valence-corrected chi connectivity index (χ1v) is 5.36. The summed E-state index contributed by atoms with van der Waals surface area (Å²) in [6.45, 7) is 0.418. The minimum Gasteiger partial charge on any atom is -0.480 e. The van der Waals surface area contributed by atoms with E-state index >= 15 is 0 Å². The molecule has 88 valence electrons. The van der Waals surface area contributed by atoms with Crippen molar-refractivity contribution in [2.24, 2.45) is 5.73 Å². The summed E-state index contributed by atoms with van der Waals surface area (Å²) in [6.07, 6.45) is 1.66. The molecular formula is C8H14Cl2N2O3. The lowest BCUT2D eigenvalue weighted by Gasteiger charge is -2.07. The molecule has 1 atom stereocenters. The molecule has 0 aliphatic heterocycles. The predicted molar refractivity (Wildman–Crippen MR) is 58.0 cm³/mol. The molecule has 4 N–H and O–H groups in total. The Morgan fingerprint density at radius 2 is 1.93 bits per heavy atom. The molecule has 5 nitrogen and oxygen atoms in total. The fourth-order valence-corrected chi connectivity index (χ4v) is 1.06. The molecule has 0 aliphatic carbocycles. The molecule has 0 fully saturated rings. The van der Waals surface area contributed by atoms with Crippen molar-refractivity contribution < 1.29 is 14.7 Å². The average Bonchev–Trinajstić information content (AvgIpc) is 2.16. The topological polar surface area (TPSA) is 92.4 Å². The molecule has 0 aromatic carbocycles. The van der Waals surface area contributed by atoms with E-state index in [1.807, 2.05) is 0 Å². The monoisotopic (exact) mass is 256 g/mol. The summed E-state index contributed by atoms with van der Waals surface area (Å²) in [5.41, 5.74) is 5.28. The molecule has 7 heteroatoms. The highest BCUT2D eigenvalue weighted by Gasteiger charge is 2.11. The first-order valence-electron chi connectivity index (χ1n) is 4.49. The van der Waals surface area contributed by atoms with Gasteiger partial charge in [-0.25, -0.2) is 0 Å². The highest BCUT2D eigenvalue weighted by Crippen LogP contribution is 2.01. The summed E-state index contributed by atoms with van der Waals surface area (Å²) in [7, 11) is 0. The number of aliphatic carboxylic acids is 1. The summed E-state index contributed by atoms with van der Waals surface area (Å²) < 4.78 is 0. The van der Waals surface area contributed by atoms with Crippen LogP contribution >= 0.6 is 23.2 Å². The van der Waals surface area contributed by atoms with Gasteiger partial charge in [-0.15, -0.1) is 0 Å². The van der Waals surface area contributed by atoms with Crippen LogP contribution in [0.25, 0.3) is 0 Å². The molecule has 1 amide bonds. The number of rotatable bonds is 7. The Bertz CT molecular complexity index is 224. The van der Waals surface area contributed by atoms with Crippen molar-refractivity contribution >= 4 is 35.1 Å². The fourth-order valence-electron chi connectivity index (χ4n) is 0.901. The van der Waals surface area contributed by atoms with Crippen molar-refractivity contribution in [1.29, 1.82) is 0 Å². The van der Waals surface area contributed by atoms with Crippen LogP contribution in [0.4, 0.5) is 0 Å². The van der Waals surface area contributed by atoms with Crippen molar-refractivity contribution in [3.8, 4) is 0 Å². The van der Waals surface area contributed by atoms with E-state index in [0.29, 0.717) is 25.8 Å². The number of nitrogens with two attached hydrogens (primary N) is 1. The number of carbonyl (C=O) groups is 2. The van der Waals surface area contributed by atoms with Crippen LogP contribution in [0.15, 0.2) is 0 Å². The van der Waals surface area contributed by atoms with Gasteiger partial charge in [-0.2, -0.15) is 0 Å². The summed E-state index contributed by atoms with van der Waals surface area (Å²) in [5.74, 6) is -1.46. The van der Waals surface area contributed by atoms with E-state index in [1.165, 1.54) is 0 Å². The summed E-state index contributed by atoms with van der Waals surface area (Å²) in [5, 5.41) is 11.0. The van der Waals surface area contributed by atoms with Crippen LogP contribution in [0.2, 0.25) is 0 Å². The lowest BCUT2D eigenvalue weighted by molar-refractivity contribution is -0.138. The van der Waals surface area contributed by atoms with Crippen molar-refractivity contribution in [1.82, 2.24) is 5.32 Å². The number of nitrogens with one attached hydrogen (secondary N) is 1. The number of hydrogen-bond donors (Lipinski definition) is 3. The zero-order valence-electron chi connectivity index (χ0n) is 8.08. The molecule has 0 spiro atoms. The largest absolute Gasteiger partial charge is 0.480 e. The minimum absolute atomic E-state index is 0.385. The van der Waals surface area contributed by atoms with Gasteiger partial charge in [-0.05, 0) is 19.3 Å². The van der Waals surface area contributed by atoms with Gasteiger partial charge in [0.05, 0.1) is 0 Å². The van der Waals surface area contributed by atoms with Crippen LogP contribution in [0.1, 0.15) is 19.3 Å². The van der Waals surface area contributed by atoms with Crippen molar-refractivity contribution in [3.05, 3.63) is 0 Å². The second kappa shape index (κ2) is 7.73. The smallest absolute Gasteiger partial charge is 0.320 e. The molecule has 0 unspecified atom stereocenters. The second-order valence-corrected chi connectivity index (χ2v) is 4.13. The molecule has 0 heterocycles. The van der Waals surface area contributed by atoms with Gasteiger partial charge in [0.15, 0.2) is 4.84 Å². The van der Waals surface area contributed by atoms with Gasteiger partial charge >= 0.3 is 5.97 Å². The maximum absolute atomic E-state index is 10.9. The zero-order valence-corrected chi connectivity index (χ0v) is 9.59. The van der Waals surface area contributed by atoms with E-state index in [1.54, 1.807) is 0 Å². The number of carbonyl (C=O) groups excluding carboxylic acids is 1. The molecule has 0 aliphatic rings. The maximum atomic E-state index is 10.9. The molecule has 0 aromatic heterocycles. The average molecular weight is 257 g/mol. The third-order valence-electron chi connectivity index (χ3n) is 1.76. The Kier molecular flexibility index (Phi) is 7.46. The molecular weight excluding hydrogens is 243 g/mol. The number of carboxylic acids is 1. The number of halogens is 2. The van der Waals surface area contributed by atoms with Crippen molar-refractivity contribution in [2.75, 3.05) is 6.54 Å². The maximum Gasteiger partial charge on any atom is 0.320 e. The number of unbranched alkanes of at least 4 members (excludes halogenated alkanes) is 1. The fraction of sp³-hybridized carbons (Fsp3) is 0.750. The summed E-state index contributed by atoms with van der Waals surface area (Å²) in [6, 6.07) is -0.838. The van der Waals surface area contributed by atoms with Crippen LogP contribution in [-0.2, 0) is 9.59 Å². The van der Waals surface area contributed by atoms with E-state index < -0.39 is 22.8 Å². The standard InChI is InChI=1S/C8H14Cl2N2O3/c9-6(10)7(13)12-4-2-1-3-5(11)8(14)15/h5-6H,1-4,11H2,(H,12,13)(H,14,15)/t5-/m0/s1. The van der Waals surface area contributed by atoms with E-state index in [4.69, 9.17) is 34.0 Å². The van der Waals surface area contributed by atoms with Gasteiger partial charge in [0.2, 0.25) is 0 Å². The number of hydrogen-bond acceptors (Lipinski definition) is 3. The highest BCUT2D eigenvalue weighted by molar-refractivity contribution is 6.53. The van der Waals surface area contributed by atoms with Crippen LogP contribution in [0, 0.1) is 0 Å². The first kappa shape index (κ1) is 14.5. The Morgan fingerprint density at radius 3 is 2.40 bits per heavy atom. The number of carboxylic acid groups (broad SMARTS) is 1. The summed E-state index contributed by atoms with van der Waals surface area (Å²) >= 11 is 10.6. The lowest BCUT2D eigenvalue weighted by atomic mass is 10.1. The van der Waals surface area contributed by atoms with Crippen LogP contribution in [0.3, 0.4) is 0 Å². The normalized spacial score (nSPS) is 12.5. The highest BCUT2D eigenvalue weighted by atomic mass is 35.5. The van der Waals surface area contributed by atoms with Gasteiger partial charge in [0.25, 0.3) is 5.91 Å². The van der Waals surface area contributed by atoms with Crippen LogP contribution in [0.5, 0.6) is 0 Å². The van der Waals surface area contributed by atoms with E-state index in [2.05, 4.69) is 5.32 Å². The van der Waals surface area contributed by atoms with Gasteiger partial charge in [-0.3, -0.25) is 9.59 Å². The zero-order chi connectivity index (χ0) is 11.8. The molecule has 0 radical (unpaired) electrons. The third kappa shape index (κ3) is 7.41. The molecule has 0 saturated carbocycles. The van der Waals surface area contributed by atoms with Crippen LogP contribution in [-0.4, -0.2) is 34.4 Å². The third-order valence-corrected chi connectivity index (χ3v) is 2.15. The second-order valence-electron chi connectivity index (χ2n) is 3.03. The molecule has 0 rings (SSSR count). The number of alkyl halides is 2. The van der Waals surface area contributed by atoms with E-state index in [-0.39, 0.29) is 0 Å². The van der Waals surface area contributed by atoms with Gasteiger partial charge < -0.3 is 16.2 Å². The Labute approximate surface area is 97.9 Å². The van der Waals surface area contributed by atoms with Crippen molar-refractivity contribution in [3.63, 3.8) is 0 Å². The van der Waals surface area contributed by atoms with Crippen molar-refractivity contribution in [2.45, 2.75) is 30.1 Å². The quantitative estimate of drug-likeness (QED) is 0.457. The Hall–Kier alpha value is -0.520. The lowest BCUT2D eigenvalue weighted by Crippen LogP contribution is -2.31. The number of amides is 1. The minimum atomic E-state index is -1.06. The molecule has 15 heavy (non-hydrogen) atoms. The van der Waals surface area contributed by atoms with Gasteiger partial charge in [0.1, 0.15) is 6.04 Å². The molecule has 0 aromatic rings. The predicted octanol–water partition coefficient (Wildman–Crippen LogP) is 0.488. The van der Waals surface area contributed by atoms with Gasteiger partial charge in [0, 0.05) is 6.54 Å². The Morgan fingerprint density at radius 1 is 1.33 bits per heavy atom. The van der Waals surface area contributed by atoms with Crippen LogP contribution < -0.4 is 11.1 Å². The van der Waals surface area contributed by atoms with E-state index in [9.17, 15) is 9.59 Å². The van der Waals surface area contributed by atoms with Gasteiger partial charge in [-0.1, -0.05) is 23.2 Å².